The van der Waals surface area contributed by atoms with Gasteiger partial charge in [-0.2, -0.15) is 0 Å². The molecule has 0 radical (unpaired) electrons. The molecule has 0 amide bonds. The van der Waals surface area contributed by atoms with E-state index in [2.05, 4.69) is 0 Å². The van der Waals surface area contributed by atoms with Crippen molar-refractivity contribution >= 4 is 0 Å². The van der Waals surface area contributed by atoms with Crippen molar-refractivity contribution in [2.24, 2.45) is 23.7 Å². The molecule has 0 aromatic heterocycles. The topological polar surface area (TPSA) is 40.5 Å². The van der Waals surface area contributed by atoms with Crippen molar-refractivity contribution in [1.82, 2.24) is 0 Å². The van der Waals surface area contributed by atoms with Crippen LogP contribution in [0.25, 0.3) is 0 Å². The van der Waals surface area contributed by atoms with Crippen LogP contribution in [0.3, 0.4) is 0 Å². The lowest BCUT2D eigenvalue weighted by Gasteiger charge is -2.34. The van der Waals surface area contributed by atoms with E-state index in [1.165, 1.54) is 19.3 Å². The van der Waals surface area contributed by atoms with Crippen LogP contribution >= 0.6 is 0 Å². The van der Waals surface area contributed by atoms with Gasteiger partial charge in [-0.3, -0.25) is 0 Å². The summed E-state index contributed by atoms with van der Waals surface area (Å²) in [6.07, 6.45) is 5.77. The lowest BCUT2D eigenvalue weighted by Crippen LogP contribution is -2.39. The van der Waals surface area contributed by atoms with Crippen LogP contribution in [0.15, 0.2) is 0 Å². The highest BCUT2D eigenvalue weighted by molar-refractivity contribution is 5.11. The summed E-state index contributed by atoms with van der Waals surface area (Å²) >= 11 is 0. The molecule has 3 aliphatic rings. The third-order valence-electron chi connectivity index (χ3n) is 4.85. The third kappa shape index (κ3) is 0.909. The molecule has 74 valence electrons. The van der Waals surface area contributed by atoms with E-state index < -0.39 is 0 Å². The van der Waals surface area contributed by atoms with Gasteiger partial charge in [-0.1, -0.05) is 0 Å². The van der Waals surface area contributed by atoms with Gasteiger partial charge in [-0.25, -0.2) is 0 Å². The van der Waals surface area contributed by atoms with E-state index in [1.807, 2.05) is 0 Å². The van der Waals surface area contributed by atoms with Crippen molar-refractivity contribution in [3.63, 3.8) is 0 Å². The molecular weight excluding hydrogens is 164 g/mol. The largest absolute Gasteiger partial charge is 0.396 e. The summed E-state index contributed by atoms with van der Waals surface area (Å²) in [7, 11) is 0. The van der Waals surface area contributed by atoms with Crippen molar-refractivity contribution in [2.75, 3.05) is 6.61 Å². The smallest absolute Gasteiger partial charge is 0.0710 e. The highest BCUT2D eigenvalue weighted by Gasteiger charge is 2.61. The molecule has 2 heteroatoms. The van der Waals surface area contributed by atoms with Crippen LogP contribution in [-0.4, -0.2) is 22.4 Å². The van der Waals surface area contributed by atoms with Crippen LogP contribution in [0.5, 0.6) is 0 Å². The highest BCUT2D eigenvalue weighted by Crippen LogP contribution is 2.62. The van der Waals surface area contributed by atoms with Crippen LogP contribution in [0, 0.1) is 23.7 Å². The van der Waals surface area contributed by atoms with E-state index >= 15 is 0 Å². The molecule has 3 fully saturated rings. The van der Waals surface area contributed by atoms with E-state index in [4.69, 9.17) is 5.11 Å². The minimum absolute atomic E-state index is 0.276. The van der Waals surface area contributed by atoms with Crippen LogP contribution in [0.1, 0.15) is 32.1 Å². The Bertz CT molecular complexity index is 228. The van der Waals surface area contributed by atoms with Crippen molar-refractivity contribution in [3.05, 3.63) is 0 Å². The number of hydrogen-bond acceptors (Lipinski definition) is 2. The Morgan fingerprint density at radius 2 is 2.08 bits per heavy atom. The molecule has 5 unspecified atom stereocenters. The zero-order valence-electron chi connectivity index (χ0n) is 7.95. The van der Waals surface area contributed by atoms with Gasteiger partial charge in [-0.15, -0.1) is 0 Å². The van der Waals surface area contributed by atoms with Gasteiger partial charge in [0.2, 0.25) is 0 Å². The summed E-state index contributed by atoms with van der Waals surface area (Å²) in [6.45, 7) is 0.276. The SMILES string of the molecule is OCC1CC2C3CCC(C3)C2(O)C1. The maximum atomic E-state index is 10.5. The molecule has 3 aliphatic carbocycles. The molecule has 2 nitrogen and oxygen atoms in total. The molecule has 2 bridgehead atoms. The first kappa shape index (κ1) is 8.25. The Morgan fingerprint density at radius 1 is 1.23 bits per heavy atom. The molecule has 2 N–H and O–H groups in total. The first-order chi connectivity index (χ1) is 6.24. The first-order valence-electron chi connectivity index (χ1n) is 5.57. The summed E-state index contributed by atoms with van der Waals surface area (Å²) < 4.78 is 0. The van der Waals surface area contributed by atoms with Gasteiger partial charge in [0.15, 0.2) is 0 Å². The third-order valence-corrected chi connectivity index (χ3v) is 4.85. The van der Waals surface area contributed by atoms with Gasteiger partial charge < -0.3 is 10.2 Å². The molecule has 0 aromatic carbocycles. The number of aliphatic hydroxyl groups is 2. The molecule has 0 saturated heterocycles. The summed E-state index contributed by atoms with van der Waals surface area (Å²) in [4.78, 5) is 0. The van der Waals surface area contributed by atoms with E-state index in [9.17, 15) is 5.11 Å². The standard InChI is InChI=1S/C11H18O2/c12-6-7-3-10-8-1-2-9(4-8)11(10,13)5-7/h7-10,12-13H,1-6H2. The predicted octanol–water partition coefficient (Wildman–Crippen LogP) is 1.17. The fourth-order valence-electron chi connectivity index (χ4n) is 4.31. The fourth-order valence-corrected chi connectivity index (χ4v) is 4.31. The van der Waals surface area contributed by atoms with E-state index in [0.29, 0.717) is 17.8 Å². The van der Waals surface area contributed by atoms with Crippen molar-refractivity contribution in [1.29, 1.82) is 0 Å². The Morgan fingerprint density at radius 3 is 2.77 bits per heavy atom. The lowest BCUT2D eigenvalue weighted by atomic mass is 9.78. The van der Waals surface area contributed by atoms with Crippen LogP contribution in [0.2, 0.25) is 0 Å². The van der Waals surface area contributed by atoms with Crippen LogP contribution < -0.4 is 0 Å². The molecule has 13 heavy (non-hydrogen) atoms. The molecule has 0 heterocycles. The molecule has 0 aromatic rings. The number of aliphatic hydroxyl groups excluding tert-OH is 1. The highest BCUT2D eigenvalue weighted by atomic mass is 16.3. The minimum Gasteiger partial charge on any atom is -0.396 e. The van der Waals surface area contributed by atoms with Crippen molar-refractivity contribution < 1.29 is 10.2 Å². The van der Waals surface area contributed by atoms with E-state index in [1.54, 1.807) is 0 Å². The molecule has 5 atom stereocenters. The number of rotatable bonds is 1. The average molecular weight is 182 g/mol. The normalized spacial score (nSPS) is 58.6. The van der Waals surface area contributed by atoms with Gasteiger partial charge in [0.1, 0.15) is 0 Å². The summed E-state index contributed by atoms with van der Waals surface area (Å²) in [5, 5.41) is 19.6. The zero-order chi connectivity index (χ0) is 9.05. The predicted molar refractivity (Wildman–Crippen MR) is 49.1 cm³/mol. The quantitative estimate of drug-likeness (QED) is 0.639. The Balaban J connectivity index is 1.88. The lowest BCUT2D eigenvalue weighted by molar-refractivity contribution is -0.0423. The fraction of sp³-hybridized carbons (Fsp3) is 1.00. The van der Waals surface area contributed by atoms with E-state index in [-0.39, 0.29) is 12.2 Å². The van der Waals surface area contributed by atoms with Gasteiger partial charge >= 0.3 is 0 Å². The summed E-state index contributed by atoms with van der Waals surface area (Å²) in [6, 6.07) is 0. The maximum Gasteiger partial charge on any atom is 0.0710 e. The molecule has 0 aliphatic heterocycles. The molecule has 3 rings (SSSR count). The second-order valence-electron chi connectivity index (χ2n) is 5.36. The summed E-state index contributed by atoms with van der Waals surface area (Å²) in [5.74, 6) is 2.27. The second kappa shape index (κ2) is 2.48. The van der Waals surface area contributed by atoms with Crippen LogP contribution in [-0.2, 0) is 0 Å². The van der Waals surface area contributed by atoms with Gasteiger partial charge in [0.25, 0.3) is 0 Å². The number of fused-ring (bicyclic) bond motifs is 5. The van der Waals surface area contributed by atoms with Crippen LogP contribution in [0.4, 0.5) is 0 Å². The molecule has 3 saturated carbocycles. The zero-order valence-corrected chi connectivity index (χ0v) is 7.95. The molecule has 0 spiro atoms. The van der Waals surface area contributed by atoms with Gasteiger partial charge in [0.05, 0.1) is 5.60 Å². The maximum absolute atomic E-state index is 10.5. The van der Waals surface area contributed by atoms with Crippen molar-refractivity contribution in [3.8, 4) is 0 Å². The Labute approximate surface area is 79.0 Å². The second-order valence-corrected chi connectivity index (χ2v) is 5.36. The Kier molecular flexibility index (Phi) is 1.58. The van der Waals surface area contributed by atoms with E-state index in [0.717, 1.165) is 18.8 Å². The first-order valence-corrected chi connectivity index (χ1v) is 5.57. The monoisotopic (exact) mass is 182 g/mol. The van der Waals surface area contributed by atoms with Crippen molar-refractivity contribution in [2.45, 2.75) is 37.7 Å². The number of hydrogen-bond donors (Lipinski definition) is 2. The average Bonchev–Trinajstić information content (AvgIpc) is 2.72. The molecular formula is C11H18O2. The minimum atomic E-state index is -0.365. The van der Waals surface area contributed by atoms with Gasteiger partial charge in [0, 0.05) is 6.61 Å². The summed E-state index contributed by atoms with van der Waals surface area (Å²) in [5.41, 5.74) is -0.365. The Hall–Kier alpha value is -0.0800. The van der Waals surface area contributed by atoms with Gasteiger partial charge in [-0.05, 0) is 55.8 Å².